The van der Waals surface area contributed by atoms with E-state index in [9.17, 15) is 10.1 Å². The summed E-state index contributed by atoms with van der Waals surface area (Å²) in [6.45, 7) is 4.38. The number of nitro groups is 1. The first-order valence-electron chi connectivity index (χ1n) is 5.61. The van der Waals surface area contributed by atoms with Crippen LogP contribution in [0.3, 0.4) is 0 Å². The van der Waals surface area contributed by atoms with Crippen molar-refractivity contribution in [3.8, 4) is 0 Å². The summed E-state index contributed by atoms with van der Waals surface area (Å²) in [5, 5.41) is 10.7. The first-order chi connectivity index (χ1) is 8.00. The number of nitrogen functional groups attached to an aromatic ring is 1. The minimum atomic E-state index is -0.433. The fourth-order valence-corrected chi connectivity index (χ4v) is 2.54. The molecule has 4 nitrogen and oxygen atoms in total. The summed E-state index contributed by atoms with van der Waals surface area (Å²) in [4.78, 5) is 10.3. The minimum Gasteiger partial charge on any atom is -0.393 e. The molecule has 0 unspecified atom stereocenters. The van der Waals surface area contributed by atoms with E-state index in [-0.39, 0.29) is 11.4 Å². The Morgan fingerprint density at radius 1 is 1.47 bits per heavy atom. The van der Waals surface area contributed by atoms with Gasteiger partial charge in [0.15, 0.2) is 0 Å². The highest BCUT2D eigenvalue weighted by Crippen LogP contribution is 2.25. The molecule has 0 saturated carbocycles. The Morgan fingerprint density at radius 3 is 2.76 bits per heavy atom. The van der Waals surface area contributed by atoms with Gasteiger partial charge >= 0.3 is 0 Å². The molecule has 0 spiro atoms. The maximum Gasteiger partial charge on any atom is 0.292 e. The van der Waals surface area contributed by atoms with Crippen molar-refractivity contribution in [1.82, 2.24) is 0 Å². The van der Waals surface area contributed by atoms with Crippen molar-refractivity contribution in [3.05, 3.63) is 33.9 Å². The van der Waals surface area contributed by atoms with Crippen LogP contribution >= 0.6 is 11.8 Å². The number of benzene rings is 1. The van der Waals surface area contributed by atoms with Crippen LogP contribution in [0.1, 0.15) is 25.8 Å². The van der Waals surface area contributed by atoms with E-state index in [4.69, 9.17) is 5.73 Å². The standard InChI is InChI=1S/C12H18N2O2S/c1-9(2)5-6-17-8-10-3-4-11(13)12(7-10)14(15)16/h3-4,7,9H,5-6,8,13H2,1-2H3. The fourth-order valence-electron chi connectivity index (χ4n) is 1.35. The Labute approximate surface area is 106 Å². The zero-order valence-corrected chi connectivity index (χ0v) is 11.0. The van der Waals surface area contributed by atoms with Gasteiger partial charge in [-0.15, -0.1) is 0 Å². The SMILES string of the molecule is CC(C)CCSCc1ccc(N)c([N+](=O)[O-])c1. The van der Waals surface area contributed by atoms with Crippen LogP contribution in [0.4, 0.5) is 11.4 Å². The second-order valence-electron chi connectivity index (χ2n) is 4.39. The number of rotatable bonds is 6. The van der Waals surface area contributed by atoms with Crippen molar-refractivity contribution in [3.63, 3.8) is 0 Å². The summed E-state index contributed by atoms with van der Waals surface area (Å²) in [6, 6.07) is 5.03. The predicted octanol–water partition coefficient (Wildman–Crippen LogP) is 3.46. The summed E-state index contributed by atoms with van der Waals surface area (Å²) in [5.74, 6) is 2.58. The lowest BCUT2D eigenvalue weighted by Gasteiger charge is -2.05. The molecule has 0 fully saturated rings. The first kappa shape index (κ1) is 13.8. The molecule has 0 heterocycles. The van der Waals surface area contributed by atoms with Gasteiger partial charge in [-0.2, -0.15) is 11.8 Å². The highest BCUT2D eigenvalue weighted by molar-refractivity contribution is 7.98. The average Bonchev–Trinajstić information content (AvgIpc) is 2.25. The van der Waals surface area contributed by atoms with Crippen LogP contribution in [0.15, 0.2) is 18.2 Å². The van der Waals surface area contributed by atoms with Gasteiger partial charge in [-0.05, 0) is 29.7 Å². The van der Waals surface area contributed by atoms with Crippen molar-refractivity contribution < 1.29 is 4.92 Å². The molecule has 0 atom stereocenters. The Kier molecular flexibility index (Phi) is 5.28. The largest absolute Gasteiger partial charge is 0.393 e. The van der Waals surface area contributed by atoms with E-state index in [2.05, 4.69) is 13.8 Å². The lowest BCUT2D eigenvalue weighted by atomic mass is 10.2. The summed E-state index contributed by atoms with van der Waals surface area (Å²) in [6.07, 6.45) is 1.17. The molecule has 1 aromatic rings. The van der Waals surface area contributed by atoms with Crippen molar-refractivity contribution in [2.45, 2.75) is 26.0 Å². The maximum atomic E-state index is 10.7. The van der Waals surface area contributed by atoms with Crippen LogP contribution in [0.5, 0.6) is 0 Å². The molecule has 0 aliphatic heterocycles. The Morgan fingerprint density at radius 2 is 2.18 bits per heavy atom. The summed E-state index contributed by atoms with van der Waals surface area (Å²) in [5.41, 5.74) is 6.73. The second kappa shape index (κ2) is 6.49. The van der Waals surface area contributed by atoms with E-state index in [0.717, 1.165) is 17.1 Å². The Balaban J connectivity index is 2.54. The van der Waals surface area contributed by atoms with E-state index in [0.29, 0.717) is 5.92 Å². The van der Waals surface area contributed by atoms with Crippen LogP contribution in [0.2, 0.25) is 0 Å². The van der Waals surface area contributed by atoms with Crippen molar-refractivity contribution in [2.24, 2.45) is 5.92 Å². The van der Waals surface area contributed by atoms with Gasteiger partial charge in [-0.3, -0.25) is 10.1 Å². The zero-order valence-electron chi connectivity index (χ0n) is 10.2. The van der Waals surface area contributed by atoms with E-state index < -0.39 is 4.92 Å². The van der Waals surface area contributed by atoms with Gasteiger partial charge in [0.05, 0.1) is 4.92 Å². The van der Waals surface area contributed by atoms with E-state index >= 15 is 0 Å². The third-order valence-corrected chi connectivity index (χ3v) is 3.46. The van der Waals surface area contributed by atoms with Crippen LogP contribution < -0.4 is 5.73 Å². The van der Waals surface area contributed by atoms with Gasteiger partial charge in [-0.25, -0.2) is 0 Å². The molecule has 94 valence electrons. The fraction of sp³-hybridized carbons (Fsp3) is 0.500. The topological polar surface area (TPSA) is 69.2 Å². The van der Waals surface area contributed by atoms with E-state index in [1.165, 1.54) is 6.42 Å². The zero-order chi connectivity index (χ0) is 12.8. The molecule has 1 rings (SSSR count). The first-order valence-corrected chi connectivity index (χ1v) is 6.76. The molecule has 0 radical (unpaired) electrons. The number of hydrogen-bond acceptors (Lipinski definition) is 4. The molecule has 0 amide bonds. The van der Waals surface area contributed by atoms with Crippen LogP contribution in [-0.4, -0.2) is 10.7 Å². The maximum absolute atomic E-state index is 10.7. The number of nitrogens with zero attached hydrogens (tertiary/aromatic N) is 1. The lowest BCUT2D eigenvalue weighted by Crippen LogP contribution is -1.97. The van der Waals surface area contributed by atoms with Gasteiger partial charge in [0.25, 0.3) is 5.69 Å². The molecule has 0 bridgehead atoms. The second-order valence-corrected chi connectivity index (χ2v) is 5.49. The predicted molar refractivity (Wildman–Crippen MR) is 73.1 cm³/mol. The third kappa shape index (κ3) is 4.65. The number of nitrogens with two attached hydrogens (primary N) is 1. The monoisotopic (exact) mass is 254 g/mol. The molecule has 1 aromatic carbocycles. The van der Waals surface area contributed by atoms with Gasteiger partial charge in [0, 0.05) is 11.8 Å². The summed E-state index contributed by atoms with van der Waals surface area (Å²) < 4.78 is 0. The number of hydrogen-bond donors (Lipinski definition) is 1. The number of anilines is 1. The highest BCUT2D eigenvalue weighted by atomic mass is 32.2. The van der Waals surface area contributed by atoms with Gasteiger partial charge in [0.2, 0.25) is 0 Å². The van der Waals surface area contributed by atoms with Crippen molar-refractivity contribution in [2.75, 3.05) is 11.5 Å². The summed E-state index contributed by atoms with van der Waals surface area (Å²) >= 11 is 1.80. The van der Waals surface area contributed by atoms with Gasteiger partial charge in [0.1, 0.15) is 5.69 Å². The lowest BCUT2D eigenvalue weighted by molar-refractivity contribution is -0.383. The molecule has 0 saturated heterocycles. The summed E-state index contributed by atoms with van der Waals surface area (Å²) in [7, 11) is 0. The Hall–Kier alpha value is -1.23. The van der Waals surface area contributed by atoms with E-state index in [1.54, 1.807) is 23.9 Å². The number of thioether (sulfide) groups is 1. The van der Waals surface area contributed by atoms with Crippen LogP contribution in [-0.2, 0) is 5.75 Å². The molecule has 0 aromatic heterocycles. The quantitative estimate of drug-likeness (QED) is 0.365. The molecular formula is C12H18N2O2S. The van der Waals surface area contributed by atoms with Crippen molar-refractivity contribution >= 4 is 23.1 Å². The smallest absolute Gasteiger partial charge is 0.292 e. The average molecular weight is 254 g/mol. The van der Waals surface area contributed by atoms with E-state index in [1.807, 2.05) is 6.07 Å². The Bertz CT molecular complexity index is 394. The molecular weight excluding hydrogens is 236 g/mol. The molecule has 0 aliphatic rings. The van der Waals surface area contributed by atoms with Gasteiger partial charge in [-0.1, -0.05) is 19.9 Å². The molecule has 0 aliphatic carbocycles. The highest BCUT2D eigenvalue weighted by Gasteiger charge is 2.11. The van der Waals surface area contributed by atoms with Gasteiger partial charge < -0.3 is 5.73 Å². The molecule has 5 heteroatoms. The van der Waals surface area contributed by atoms with Crippen LogP contribution in [0.25, 0.3) is 0 Å². The molecule has 17 heavy (non-hydrogen) atoms. The third-order valence-electron chi connectivity index (χ3n) is 2.40. The van der Waals surface area contributed by atoms with Crippen molar-refractivity contribution in [1.29, 1.82) is 0 Å². The van der Waals surface area contributed by atoms with Crippen LogP contribution in [0, 0.1) is 16.0 Å². The molecule has 2 N–H and O–H groups in total. The number of nitro benzene ring substituents is 1. The minimum absolute atomic E-state index is 0.00644. The normalized spacial score (nSPS) is 10.8.